The molecule has 0 bridgehead atoms. The van der Waals surface area contributed by atoms with Gasteiger partial charge in [0.25, 0.3) is 5.91 Å². The molecule has 0 radical (unpaired) electrons. The summed E-state index contributed by atoms with van der Waals surface area (Å²) in [6.07, 6.45) is 3.01. The fraction of sp³-hybridized carbons (Fsp3) is 0.529. The average Bonchev–Trinajstić information content (AvgIpc) is 2.46. The minimum absolute atomic E-state index is 0.0719. The zero-order valence-electron chi connectivity index (χ0n) is 13.1. The molecule has 4 heteroatoms. The predicted molar refractivity (Wildman–Crippen MR) is 83.4 cm³/mol. The third kappa shape index (κ3) is 5.21. The van der Waals surface area contributed by atoms with Gasteiger partial charge in [0.05, 0.1) is 5.92 Å². The summed E-state index contributed by atoms with van der Waals surface area (Å²) in [7, 11) is 0. The van der Waals surface area contributed by atoms with E-state index in [1.54, 1.807) is 17.9 Å². The molecule has 0 heterocycles. The van der Waals surface area contributed by atoms with E-state index in [-0.39, 0.29) is 12.5 Å². The number of hydrogen-bond donors (Lipinski definition) is 1. The molecule has 0 aromatic heterocycles. The smallest absolute Gasteiger partial charge is 0.308 e. The van der Waals surface area contributed by atoms with Gasteiger partial charge in [0, 0.05) is 18.7 Å². The Bertz CT molecular complexity index is 485. The zero-order chi connectivity index (χ0) is 15.8. The topological polar surface area (TPSA) is 57.6 Å². The lowest BCUT2D eigenvalue weighted by atomic mass is 10.1. The molecule has 1 unspecified atom stereocenters. The molecule has 1 amide bonds. The maximum absolute atomic E-state index is 12.7. The molecule has 0 fully saturated rings. The number of aryl methyl sites for hydroxylation is 1. The summed E-state index contributed by atoms with van der Waals surface area (Å²) in [6.45, 7) is 6.51. The number of unbranched alkanes of at least 4 members (excludes halogenated alkanes) is 2. The molecule has 1 aromatic rings. The van der Waals surface area contributed by atoms with Crippen LogP contribution in [0, 0.1) is 12.8 Å². The van der Waals surface area contributed by atoms with Gasteiger partial charge in [-0.2, -0.15) is 0 Å². The first-order valence-corrected chi connectivity index (χ1v) is 7.55. The molecular formula is C17H25NO3. The van der Waals surface area contributed by atoms with Gasteiger partial charge in [0.2, 0.25) is 0 Å². The number of carbonyl (C=O) groups excluding carboxylic acids is 1. The van der Waals surface area contributed by atoms with Crippen LogP contribution in [-0.4, -0.2) is 35.0 Å². The first-order valence-electron chi connectivity index (χ1n) is 7.55. The molecule has 0 aliphatic carbocycles. The Morgan fingerprint density at radius 1 is 1.24 bits per heavy atom. The second kappa shape index (κ2) is 8.45. The van der Waals surface area contributed by atoms with Crippen molar-refractivity contribution in [1.29, 1.82) is 0 Å². The Labute approximate surface area is 126 Å². The van der Waals surface area contributed by atoms with Gasteiger partial charge in [-0.25, -0.2) is 0 Å². The second-order valence-electron chi connectivity index (χ2n) is 5.51. The number of benzene rings is 1. The Kier molecular flexibility index (Phi) is 6.92. The van der Waals surface area contributed by atoms with Crippen LogP contribution >= 0.6 is 0 Å². The number of carbonyl (C=O) groups is 2. The van der Waals surface area contributed by atoms with E-state index in [2.05, 4.69) is 6.92 Å². The molecule has 1 aromatic carbocycles. The van der Waals surface area contributed by atoms with Crippen LogP contribution in [0.25, 0.3) is 0 Å². The van der Waals surface area contributed by atoms with Crippen LogP contribution in [0.3, 0.4) is 0 Å². The van der Waals surface area contributed by atoms with Crippen LogP contribution in [0.2, 0.25) is 0 Å². The van der Waals surface area contributed by atoms with E-state index in [0.29, 0.717) is 12.1 Å². The standard InChI is InChI=1S/C17H25NO3/c1-4-5-8-11-18(12-14(3)17(20)21)16(19)15-10-7-6-9-13(15)2/h6-7,9-10,14H,4-5,8,11-12H2,1-3H3,(H,20,21). The van der Waals surface area contributed by atoms with Crippen molar-refractivity contribution in [3.63, 3.8) is 0 Å². The van der Waals surface area contributed by atoms with Crippen molar-refractivity contribution in [2.75, 3.05) is 13.1 Å². The number of carboxylic acid groups (broad SMARTS) is 1. The lowest BCUT2D eigenvalue weighted by molar-refractivity contribution is -0.141. The van der Waals surface area contributed by atoms with Gasteiger partial charge >= 0.3 is 5.97 Å². The van der Waals surface area contributed by atoms with E-state index >= 15 is 0 Å². The number of aliphatic carboxylic acids is 1. The Balaban J connectivity index is 2.86. The van der Waals surface area contributed by atoms with Gasteiger partial charge in [-0.15, -0.1) is 0 Å². The number of carboxylic acids is 1. The molecule has 4 nitrogen and oxygen atoms in total. The van der Waals surface area contributed by atoms with E-state index in [1.807, 2.05) is 25.1 Å². The number of nitrogens with zero attached hydrogens (tertiary/aromatic N) is 1. The molecule has 0 aliphatic heterocycles. The monoisotopic (exact) mass is 291 g/mol. The minimum Gasteiger partial charge on any atom is -0.481 e. The van der Waals surface area contributed by atoms with Crippen LogP contribution in [0.4, 0.5) is 0 Å². The van der Waals surface area contributed by atoms with Crippen molar-refractivity contribution >= 4 is 11.9 Å². The van der Waals surface area contributed by atoms with E-state index < -0.39 is 11.9 Å². The molecule has 116 valence electrons. The van der Waals surface area contributed by atoms with Crippen molar-refractivity contribution in [1.82, 2.24) is 4.90 Å². The summed E-state index contributed by atoms with van der Waals surface area (Å²) >= 11 is 0. The molecule has 0 saturated carbocycles. The molecule has 1 rings (SSSR count). The Hall–Kier alpha value is -1.84. The molecule has 1 atom stereocenters. The summed E-state index contributed by atoms with van der Waals surface area (Å²) in [6, 6.07) is 7.44. The zero-order valence-corrected chi connectivity index (χ0v) is 13.1. The Morgan fingerprint density at radius 2 is 1.90 bits per heavy atom. The highest BCUT2D eigenvalue weighted by Gasteiger charge is 2.22. The maximum Gasteiger partial charge on any atom is 0.308 e. The third-order valence-electron chi connectivity index (χ3n) is 3.61. The lowest BCUT2D eigenvalue weighted by Crippen LogP contribution is -2.38. The highest BCUT2D eigenvalue weighted by atomic mass is 16.4. The van der Waals surface area contributed by atoms with Gasteiger partial charge in [0.1, 0.15) is 0 Å². The summed E-state index contributed by atoms with van der Waals surface area (Å²) in [5, 5.41) is 9.07. The Morgan fingerprint density at radius 3 is 2.48 bits per heavy atom. The van der Waals surface area contributed by atoms with Crippen LogP contribution in [0.5, 0.6) is 0 Å². The average molecular weight is 291 g/mol. The SMILES string of the molecule is CCCCCN(CC(C)C(=O)O)C(=O)c1ccccc1C. The van der Waals surface area contributed by atoms with E-state index in [1.165, 1.54) is 0 Å². The fourth-order valence-corrected chi connectivity index (χ4v) is 2.22. The number of rotatable bonds is 8. The van der Waals surface area contributed by atoms with Crippen molar-refractivity contribution in [3.05, 3.63) is 35.4 Å². The first kappa shape index (κ1) is 17.2. The number of amides is 1. The van der Waals surface area contributed by atoms with Crippen molar-refractivity contribution in [2.45, 2.75) is 40.0 Å². The van der Waals surface area contributed by atoms with E-state index in [9.17, 15) is 9.59 Å². The predicted octanol–water partition coefficient (Wildman–Crippen LogP) is 3.35. The highest BCUT2D eigenvalue weighted by Crippen LogP contribution is 2.13. The molecule has 0 spiro atoms. The van der Waals surface area contributed by atoms with Gasteiger partial charge in [-0.05, 0) is 25.0 Å². The van der Waals surface area contributed by atoms with Gasteiger partial charge in [-0.3, -0.25) is 9.59 Å². The second-order valence-corrected chi connectivity index (χ2v) is 5.51. The van der Waals surface area contributed by atoms with Crippen molar-refractivity contribution in [2.24, 2.45) is 5.92 Å². The first-order chi connectivity index (χ1) is 9.97. The molecular weight excluding hydrogens is 266 g/mol. The van der Waals surface area contributed by atoms with Crippen LogP contribution < -0.4 is 0 Å². The van der Waals surface area contributed by atoms with Crippen molar-refractivity contribution < 1.29 is 14.7 Å². The molecule has 0 aliphatic rings. The van der Waals surface area contributed by atoms with Crippen LogP contribution in [-0.2, 0) is 4.79 Å². The summed E-state index contributed by atoms with van der Waals surface area (Å²) in [4.78, 5) is 25.4. The summed E-state index contributed by atoms with van der Waals surface area (Å²) in [5.74, 6) is -1.50. The van der Waals surface area contributed by atoms with Crippen molar-refractivity contribution in [3.8, 4) is 0 Å². The van der Waals surface area contributed by atoms with Crippen LogP contribution in [0.15, 0.2) is 24.3 Å². The molecule has 0 saturated heterocycles. The molecule has 1 N–H and O–H groups in total. The van der Waals surface area contributed by atoms with Gasteiger partial charge in [-0.1, -0.05) is 44.9 Å². The van der Waals surface area contributed by atoms with Gasteiger partial charge in [0.15, 0.2) is 0 Å². The van der Waals surface area contributed by atoms with Crippen LogP contribution in [0.1, 0.15) is 49.0 Å². The maximum atomic E-state index is 12.7. The molecule has 21 heavy (non-hydrogen) atoms. The van der Waals surface area contributed by atoms with E-state index in [4.69, 9.17) is 5.11 Å². The third-order valence-corrected chi connectivity index (χ3v) is 3.61. The largest absolute Gasteiger partial charge is 0.481 e. The normalized spacial score (nSPS) is 12.0. The summed E-state index contributed by atoms with van der Waals surface area (Å²) in [5.41, 5.74) is 1.58. The fourth-order valence-electron chi connectivity index (χ4n) is 2.22. The lowest BCUT2D eigenvalue weighted by Gasteiger charge is -2.25. The van der Waals surface area contributed by atoms with E-state index in [0.717, 1.165) is 24.8 Å². The van der Waals surface area contributed by atoms with Gasteiger partial charge < -0.3 is 10.0 Å². The number of hydrogen-bond acceptors (Lipinski definition) is 2. The highest BCUT2D eigenvalue weighted by molar-refractivity contribution is 5.95. The summed E-state index contributed by atoms with van der Waals surface area (Å²) < 4.78 is 0. The quantitative estimate of drug-likeness (QED) is 0.747. The minimum atomic E-state index is -0.868.